The van der Waals surface area contributed by atoms with Gasteiger partial charge >= 0.3 is 6.03 Å². The van der Waals surface area contributed by atoms with Crippen molar-refractivity contribution < 1.29 is 14.4 Å². The molecule has 1 aliphatic rings. The van der Waals surface area contributed by atoms with Gasteiger partial charge in [-0.15, -0.1) is 0 Å². The molecule has 0 unspecified atom stereocenters. The Kier molecular flexibility index (Phi) is 4.47. The van der Waals surface area contributed by atoms with Crippen molar-refractivity contribution >= 4 is 23.5 Å². The van der Waals surface area contributed by atoms with Gasteiger partial charge in [-0.2, -0.15) is 0 Å². The third-order valence-corrected chi connectivity index (χ3v) is 4.22. The second-order valence-electron chi connectivity index (χ2n) is 5.74. The summed E-state index contributed by atoms with van der Waals surface area (Å²) >= 11 is 0. The zero-order valence-corrected chi connectivity index (χ0v) is 13.7. The Balaban J connectivity index is 1.78. The van der Waals surface area contributed by atoms with E-state index in [1.54, 1.807) is 30.5 Å². The van der Waals surface area contributed by atoms with Crippen LogP contribution < -0.4 is 10.6 Å². The molecule has 128 valence electrons. The lowest BCUT2D eigenvalue weighted by molar-refractivity contribution is -0.134. The normalized spacial score (nSPS) is 19.6. The molecule has 0 spiro atoms. The van der Waals surface area contributed by atoms with Crippen LogP contribution in [-0.4, -0.2) is 34.3 Å². The molecular formula is C18H18N4O3. The predicted molar refractivity (Wildman–Crippen MR) is 91.5 cm³/mol. The molecule has 1 aromatic heterocycles. The van der Waals surface area contributed by atoms with Crippen LogP contribution in [0.3, 0.4) is 0 Å². The number of anilines is 1. The van der Waals surface area contributed by atoms with Crippen LogP contribution in [-0.2, 0) is 15.1 Å². The molecule has 1 saturated heterocycles. The average molecular weight is 338 g/mol. The molecule has 0 aliphatic carbocycles. The van der Waals surface area contributed by atoms with E-state index in [0.717, 1.165) is 4.90 Å². The second kappa shape index (κ2) is 6.72. The zero-order valence-electron chi connectivity index (χ0n) is 13.7. The quantitative estimate of drug-likeness (QED) is 0.814. The third-order valence-electron chi connectivity index (χ3n) is 4.22. The summed E-state index contributed by atoms with van der Waals surface area (Å²) in [5, 5.41) is 5.37. The van der Waals surface area contributed by atoms with Crippen LogP contribution in [0.2, 0.25) is 0 Å². The van der Waals surface area contributed by atoms with Crippen LogP contribution in [0.15, 0.2) is 54.9 Å². The first-order valence-corrected chi connectivity index (χ1v) is 7.96. The highest BCUT2D eigenvalue weighted by molar-refractivity contribution is 6.10. The van der Waals surface area contributed by atoms with Gasteiger partial charge in [0.05, 0.1) is 11.9 Å². The highest BCUT2D eigenvalue weighted by atomic mass is 16.2. The number of carbonyl (C=O) groups excluding carboxylic acids is 3. The van der Waals surface area contributed by atoms with Crippen LogP contribution in [0.25, 0.3) is 0 Å². The SMILES string of the molecule is CC[C@]1(c2ccccc2)NC(=O)N(CC(=O)Nc2cccnc2)C1=O. The number of hydrogen-bond donors (Lipinski definition) is 2. The molecule has 2 aromatic rings. The Labute approximate surface area is 145 Å². The lowest BCUT2D eigenvalue weighted by Crippen LogP contribution is -2.44. The van der Waals surface area contributed by atoms with E-state index in [2.05, 4.69) is 15.6 Å². The molecule has 1 aliphatic heterocycles. The van der Waals surface area contributed by atoms with Crippen molar-refractivity contribution in [3.8, 4) is 0 Å². The van der Waals surface area contributed by atoms with E-state index < -0.39 is 23.4 Å². The van der Waals surface area contributed by atoms with Gasteiger partial charge in [0.1, 0.15) is 12.1 Å². The van der Waals surface area contributed by atoms with Gasteiger partial charge < -0.3 is 10.6 Å². The summed E-state index contributed by atoms with van der Waals surface area (Å²) in [7, 11) is 0. The number of pyridine rings is 1. The van der Waals surface area contributed by atoms with Crippen LogP contribution in [0.1, 0.15) is 18.9 Å². The molecule has 3 rings (SSSR count). The topological polar surface area (TPSA) is 91.4 Å². The molecule has 7 heteroatoms. The first-order valence-electron chi connectivity index (χ1n) is 7.96. The van der Waals surface area contributed by atoms with Crippen LogP contribution in [0, 0.1) is 0 Å². The smallest absolute Gasteiger partial charge is 0.323 e. The Hall–Kier alpha value is -3.22. The summed E-state index contributed by atoms with van der Waals surface area (Å²) in [5.74, 6) is -0.885. The predicted octanol–water partition coefficient (Wildman–Crippen LogP) is 1.88. The first-order chi connectivity index (χ1) is 12.1. The summed E-state index contributed by atoms with van der Waals surface area (Å²) in [6.07, 6.45) is 3.47. The molecule has 0 saturated carbocycles. The van der Waals surface area contributed by atoms with Gasteiger partial charge in [-0.3, -0.25) is 19.5 Å². The number of hydrogen-bond acceptors (Lipinski definition) is 4. The number of urea groups is 1. The Bertz CT molecular complexity index is 794. The van der Waals surface area contributed by atoms with Crippen molar-refractivity contribution in [2.24, 2.45) is 0 Å². The largest absolute Gasteiger partial charge is 0.325 e. The number of imide groups is 1. The van der Waals surface area contributed by atoms with Crippen molar-refractivity contribution in [3.05, 3.63) is 60.4 Å². The van der Waals surface area contributed by atoms with Gasteiger partial charge in [0.25, 0.3) is 5.91 Å². The molecular weight excluding hydrogens is 320 g/mol. The van der Waals surface area contributed by atoms with Gasteiger partial charge in [-0.05, 0) is 24.1 Å². The minimum absolute atomic E-state index is 0.353. The maximum Gasteiger partial charge on any atom is 0.325 e. The van der Waals surface area contributed by atoms with Crippen LogP contribution in [0.5, 0.6) is 0 Å². The van der Waals surface area contributed by atoms with Gasteiger partial charge in [0.15, 0.2) is 0 Å². The summed E-state index contributed by atoms with van der Waals surface area (Å²) in [6.45, 7) is 1.47. The lowest BCUT2D eigenvalue weighted by Gasteiger charge is -2.25. The van der Waals surface area contributed by atoms with Crippen molar-refractivity contribution in [1.82, 2.24) is 15.2 Å². The van der Waals surface area contributed by atoms with Gasteiger partial charge in [-0.25, -0.2) is 4.79 Å². The van der Waals surface area contributed by atoms with E-state index >= 15 is 0 Å². The number of amides is 4. The van der Waals surface area contributed by atoms with E-state index in [-0.39, 0.29) is 6.54 Å². The molecule has 2 heterocycles. The maximum absolute atomic E-state index is 12.9. The number of carbonyl (C=O) groups is 3. The molecule has 4 amide bonds. The maximum atomic E-state index is 12.9. The summed E-state index contributed by atoms with van der Waals surface area (Å²) in [4.78, 5) is 42.3. The van der Waals surface area contributed by atoms with E-state index in [1.165, 1.54) is 6.20 Å². The lowest BCUT2D eigenvalue weighted by atomic mass is 9.87. The van der Waals surface area contributed by atoms with E-state index in [4.69, 9.17) is 0 Å². The van der Waals surface area contributed by atoms with Gasteiger partial charge in [-0.1, -0.05) is 37.3 Å². The molecule has 7 nitrogen and oxygen atoms in total. The highest BCUT2D eigenvalue weighted by Crippen LogP contribution is 2.32. The highest BCUT2D eigenvalue weighted by Gasteiger charge is 2.51. The monoisotopic (exact) mass is 338 g/mol. The van der Waals surface area contributed by atoms with E-state index in [0.29, 0.717) is 17.7 Å². The Morgan fingerprint density at radius 2 is 1.96 bits per heavy atom. The number of nitrogens with one attached hydrogen (secondary N) is 2. The Morgan fingerprint density at radius 1 is 1.20 bits per heavy atom. The summed E-state index contributed by atoms with van der Waals surface area (Å²) in [5.41, 5.74) is 0.0720. The summed E-state index contributed by atoms with van der Waals surface area (Å²) < 4.78 is 0. The standard InChI is InChI=1S/C18H18N4O3/c1-2-18(13-7-4-3-5-8-13)16(24)22(17(25)21-18)12-15(23)20-14-9-6-10-19-11-14/h3-11H,2,12H2,1H3,(H,20,23)(H,21,25)/t18-/m1/s1. The third kappa shape index (κ3) is 3.08. The summed E-state index contributed by atoms with van der Waals surface area (Å²) in [6, 6.07) is 11.8. The molecule has 1 atom stereocenters. The molecule has 1 fully saturated rings. The molecule has 2 N–H and O–H groups in total. The van der Waals surface area contributed by atoms with E-state index in [9.17, 15) is 14.4 Å². The average Bonchev–Trinajstić information content (AvgIpc) is 2.88. The minimum atomic E-state index is -1.13. The number of benzene rings is 1. The number of nitrogens with zero attached hydrogens (tertiary/aromatic N) is 2. The molecule has 0 bridgehead atoms. The van der Waals surface area contributed by atoms with Gasteiger partial charge in [0.2, 0.25) is 5.91 Å². The van der Waals surface area contributed by atoms with E-state index in [1.807, 2.05) is 25.1 Å². The van der Waals surface area contributed by atoms with Crippen LogP contribution in [0.4, 0.5) is 10.5 Å². The van der Waals surface area contributed by atoms with Crippen LogP contribution >= 0.6 is 0 Å². The fourth-order valence-electron chi connectivity index (χ4n) is 2.91. The van der Waals surface area contributed by atoms with Crippen molar-refractivity contribution in [3.63, 3.8) is 0 Å². The molecule has 1 aromatic carbocycles. The fraction of sp³-hybridized carbons (Fsp3) is 0.222. The minimum Gasteiger partial charge on any atom is -0.323 e. The zero-order chi connectivity index (χ0) is 17.9. The molecule has 25 heavy (non-hydrogen) atoms. The number of aromatic nitrogens is 1. The molecule has 0 radical (unpaired) electrons. The number of rotatable bonds is 5. The van der Waals surface area contributed by atoms with Crippen molar-refractivity contribution in [2.45, 2.75) is 18.9 Å². The van der Waals surface area contributed by atoms with Crippen molar-refractivity contribution in [1.29, 1.82) is 0 Å². The van der Waals surface area contributed by atoms with Gasteiger partial charge in [0, 0.05) is 6.20 Å². The first kappa shape index (κ1) is 16.6. The Morgan fingerprint density at radius 3 is 2.60 bits per heavy atom. The second-order valence-corrected chi connectivity index (χ2v) is 5.74. The fourth-order valence-corrected chi connectivity index (χ4v) is 2.91. The van der Waals surface area contributed by atoms with Crippen molar-refractivity contribution in [2.75, 3.05) is 11.9 Å².